The van der Waals surface area contributed by atoms with Crippen molar-refractivity contribution < 1.29 is 13.6 Å². The van der Waals surface area contributed by atoms with E-state index < -0.39 is 5.67 Å². The van der Waals surface area contributed by atoms with Crippen LogP contribution < -0.4 is 10.2 Å². The second-order valence-electron chi connectivity index (χ2n) is 6.99. The predicted molar refractivity (Wildman–Crippen MR) is 90.5 cm³/mol. The molecule has 4 rings (SSSR count). The van der Waals surface area contributed by atoms with Gasteiger partial charge in [-0.25, -0.2) is 18.7 Å². The SMILES string of the molecule is O=C(NCC1(F)CCN(c2ncnc3cc(F)ccc23)CC1)C1CC1. The monoisotopic (exact) mass is 346 g/mol. The van der Waals surface area contributed by atoms with Crippen LogP contribution in [0.5, 0.6) is 0 Å². The molecule has 0 bridgehead atoms. The highest BCUT2D eigenvalue weighted by molar-refractivity contribution is 5.89. The molecule has 1 saturated heterocycles. The fraction of sp³-hybridized carbons (Fsp3) is 0.500. The van der Waals surface area contributed by atoms with Gasteiger partial charge in [0, 0.05) is 43.3 Å². The number of carbonyl (C=O) groups is 1. The maximum atomic E-state index is 14.9. The summed E-state index contributed by atoms with van der Waals surface area (Å²) in [6.45, 7) is 1.07. The van der Waals surface area contributed by atoms with Gasteiger partial charge in [-0.2, -0.15) is 0 Å². The maximum absolute atomic E-state index is 14.9. The molecule has 1 N–H and O–H groups in total. The molecule has 0 unspecified atom stereocenters. The van der Waals surface area contributed by atoms with Crippen molar-refractivity contribution in [1.29, 1.82) is 0 Å². The predicted octanol–water partition coefficient (Wildman–Crippen LogP) is 2.60. The molecule has 1 saturated carbocycles. The van der Waals surface area contributed by atoms with E-state index in [0.717, 1.165) is 18.2 Å². The summed E-state index contributed by atoms with van der Waals surface area (Å²) in [6.07, 6.45) is 3.89. The van der Waals surface area contributed by atoms with Crippen LogP contribution in [-0.2, 0) is 4.79 Å². The van der Waals surface area contributed by atoms with Crippen LogP contribution in [-0.4, -0.2) is 41.2 Å². The lowest BCUT2D eigenvalue weighted by Crippen LogP contribution is -2.48. The highest BCUT2D eigenvalue weighted by Gasteiger charge is 2.37. The lowest BCUT2D eigenvalue weighted by atomic mass is 9.93. The van der Waals surface area contributed by atoms with Crippen LogP contribution in [0.2, 0.25) is 0 Å². The maximum Gasteiger partial charge on any atom is 0.223 e. The summed E-state index contributed by atoms with van der Waals surface area (Å²) in [6, 6.07) is 4.41. The molecule has 0 spiro atoms. The molecule has 5 nitrogen and oxygen atoms in total. The van der Waals surface area contributed by atoms with Gasteiger partial charge in [0.25, 0.3) is 0 Å². The van der Waals surface area contributed by atoms with E-state index >= 15 is 0 Å². The molecule has 1 aliphatic heterocycles. The molecule has 1 aromatic heterocycles. The van der Waals surface area contributed by atoms with Crippen molar-refractivity contribution in [3.63, 3.8) is 0 Å². The average molecular weight is 346 g/mol. The van der Waals surface area contributed by atoms with Crippen molar-refractivity contribution in [3.8, 4) is 0 Å². The van der Waals surface area contributed by atoms with Gasteiger partial charge >= 0.3 is 0 Å². The number of nitrogens with zero attached hydrogens (tertiary/aromatic N) is 3. The summed E-state index contributed by atoms with van der Waals surface area (Å²) in [4.78, 5) is 22.1. The fourth-order valence-electron chi connectivity index (χ4n) is 3.30. The minimum atomic E-state index is -1.38. The van der Waals surface area contributed by atoms with Gasteiger partial charge < -0.3 is 10.2 Å². The first-order valence-electron chi connectivity index (χ1n) is 8.66. The normalized spacial score (nSPS) is 19.8. The zero-order chi connectivity index (χ0) is 17.4. The summed E-state index contributed by atoms with van der Waals surface area (Å²) >= 11 is 0. The number of rotatable bonds is 4. The summed E-state index contributed by atoms with van der Waals surface area (Å²) in [5.74, 6) is 0.429. The van der Waals surface area contributed by atoms with Gasteiger partial charge in [0.05, 0.1) is 12.1 Å². The summed E-state index contributed by atoms with van der Waals surface area (Å²) in [5, 5.41) is 3.51. The number of aromatic nitrogens is 2. The van der Waals surface area contributed by atoms with Gasteiger partial charge in [-0.15, -0.1) is 0 Å². The van der Waals surface area contributed by atoms with Crippen LogP contribution in [0.25, 0.3) is 10.9 Å². The lowest BCUT2D eigenvalue weighted by molar-refractivity contribution is -0.123. The number of hydrogen-bond donors (Lipinski definition) is 1. The summed E-state index contributed by atoms with van der Waals surface area (Å²) in [5.41, 5.74) is -0.838. The number of alkyl halides is 1. The number of fused-ring (bicyclic) bond motifs is 1. The quantitative estimate of drug-likeness (QED) is 0.925. The Hall–Kier alpha value is -2.31. The Morgan fingerprint density at radius 1 is 1.28 bits per heavy atom. The van der Waals surface area contributed by atoms with Gasteiger partial charge in [0.15, 0.2) is 0 Å². The van der Waals surface area contributed by atoms with Crippen LogP contribution in [0.15, 0.2) is 24.5 Å². The van der Waals surface area contributed by atoms with Crippen molar-refractivity contribution >= 4 is 22.6 Å². The second kappa shape index (κ2) is 6.20. The third kappa shape index (κ3) is 3.41. The minimum absolute atomic E-state index is 0.0247. The molecule has 2 fully saturated rings. The van der Waals surface area contributed by atoms with Crippen molar-refractivity contribution in [2.24, 2.45) is 5.92 Å². The van der Waals surface area contributed by atoms with Crippen molar-refractivity contribution in [2.75, 3.05) is 24.5 Å². The molecular formula is C18H20F2N4O. The van der Waals surface area contributed by atoms with E-state index in [1.54, 1.807) is 6.07 Å². The molecule has 2 heterocycles. The number of amides is 1. The van der Waals surface area contributed by atoms with Gasteiger partial charge in [-0.1, -0.05) is 0 Å². The van der Waals surface area contributed by atoms with Crippen molar-refractivity contribution in [2.45, 2.75) is 31.4 Å². The van der Waals surface area contributed by atoms with Crippen LogP contribution in [0.1, 0.15) is 25.7 Å². The molecule has 2 aliphatic rings. The molecule has 132 valence electrons. The van der Waals surface area contributed by atoms with Gasteiger partial charge in [0.2, 0.25) is 5.91 Å². The Labute approximate surface area is 144 Å². The largest absolute Gasteiger partial charge is 0.356 e. The van der Waals surface area contributed by atoms with E-state index in [0.29, 0.717) is 37.3 Å². The zero-order valence-corrected chi connectivity index (χ0v) is 13.8. The van der Waals surface area contributed by atoms with Crippen LogP contribution in [0.3, 0.4) is 0 Å². The Bertz CT molecular complexity index is 801. The third-order valence-electron chi connectivity index (χ3n) is 5.06. The minimum Gasteiger partial charge on any atom is -0.356 e. The Balaban J connectivity index is 1.44. The third-order valence-corrected chi connectivity index (χ3v) is 5.06. The highest BCUT2D eigenvalue weighted by atomic mass is 19.1. The van der Waals surface area contributed by atoms with Crippen LogP contribution in [0.4, 0.5) is 14.6 Å². The van der Waals surface area contributed by atoms with E-state index in [1.807, 2.05) is 4.90 Å². The topological polar surface area (TPSA) is 58.1 Å². The van der Waals surface area contributed by atoms with E-state index in [1.165, 1.54) is 18.5 Å². The zero-order valence-electron chi connectivity index (χ0n) is 13.8. The molecule has 1 amide bonds. The number of nitrogens with one attached hydrogen (secondary N) is 1. The van der Waals surface area contributed by atoms with Crippen LogP contribution in [0, 0.1) is 11.7 Å². The Kier molecular flexibility index (Phi) is 4.01. The van der Waals surface area contributed by atoms with Gasteiger partial charge in [0.1, 0.15) is 23.6 Å². The first kappa shape index (κ1) is 16.2. The smallest absolute Gasteiger partial charge is 0.223 e. The first-order valence-corrected chi connectivity index (χ1v) is 8.66. The summed E-state index contributed by atoms with van der Waals surface area (Å²) < 4.78 is 28.3. The highest BCUT2D eigenvalue weighted by Crippen LogP contribution is 2.32. The van der Waals surface area contributed by atoms with Crippen LogP contribution >= 0.6 is 0 Å². The molecular weight excluding hydrogens is 326 g/mol. The van der Waals surface area contributed by atoms with Crippen molar-refractivity contribution in [1.82, 2.24) is 15.3 Å². The number of carbonyl (C=O) groups excluding carboxylic acids is 1. The fourth-order valence-corrected chi connectivity index (χ4v) is 3.30. The molecule has 0 radical (unpaired) electrons. The second-order valence-corrected chi connectivity index (χ2v) is 6.99. The lowest BCUT2D eigenvalue weighted by Gasteiger charge is -2.37. The first-order chi connectivity index (χ1) is 12.0. The molecule has 0 atom stereocenters. The van der Waals surface area contributed by atoms with E-state index in [9.17, 15) is 13.6 Å². The van der Waals surface area contributed by atoms with Gasteiger partial charge in [-0.05, 0) is 25.0 Å². The number of piperidine rings is 1. The van der Waals surface area contributed by atoms with E-state index in [-0.39, 0.29) is 24.2 Å². The molecule has 25 heavy (non-hydrogen) atoms. The van der Waals surface area contributed by atoms with E-state index in [4.69, 9.17) is 0 Å². The average Bonchev–Trinajstić information content (AvgIpc) is 3.45. The standard InChI is InChI=1S/C18H20F2N4O/c19-13-3-4-14-15(9-13)22-11-23-16(14)24-7-5-18(20,6-8-24)10-21-17(25)12-1-2-12/h3-4,9,11-12H,1-2,5-8,10H2,(H,21,25). The Morgan fingerprint density at radius 3 is 2.76 bits per heavy atom. The summed E-state index contributed by atoms with van der Waals surface area (Å²) in [7, 11) is 0. The van der Waals surface area contributed by atoms with Gasteiger partial charge in [-0.3, -0.25) is 4.79 Å². The number of halogens is 2. The number of anilines is 1. The number of hydrogen-bond acceptors (Lipinski definition) is 4. The Morgan fingerprint density at radius 2 is 2.04 bits per heavy atom. The number of benzene rings is 1. The molecule has 1 aromatic carbocycles. The molecule has 1 aliphatic carbocycles. The molecule has 2 aromatic rings. The van der Waals surface area contributed by atoms with E-state index in [2.05, 4.69) is 15.3 Å². The van der Waals surface area contributed by atoms with Crippen molar-refractivity contribution in [3.05, 3.63) is 30.3 Å². The molecule has 7 heteroatoms.